The van der Waals surface area contributed by atoms with E-state index in [1.54, 1.807) is 12.1 Å². The molecule has 1 aromatic carbocycles. The topological polar surface area (TPSA) is 78.2 Å². The largest absolute Gasteiger partial charge is 1.00 e. The first-order chi connectivity index (χ1) is 6.01. The maximum atomic E-state index is 10.5. The zero-order chi connectivity index (χ0) is 9.90. The molecule has 1 aromatic rings. The minimum Gasteiger partial charge on any atom is -1.00 e. The molecule has 70 valence electrons. The maximum absolute atomic E-state index is 10.5. The summed E-state index contributed by atoms with van der Waals surface area (Å²) >= 11 is 0. The molecule has 1 N–H and O–H groups in total. The van der Waals surface area contributed by atoms with Crippen molar-refractivity contribution in [2.45, 2.75) is 5.75 Å². The minimum atomic E-state index is -4.01. The van der Waals surface area contributed by atoms with Crippen LogP contribution in [-0.4, -0.2) is 13.0 Å². The molecule has 0 aliphatic heterocycles. The quantitative estimate of drug-likeness (QED) is 0.465. The van der Waals surface area contributed by atoms with Crippen molar-refractivity contribution in [3.63, 3.8) is 0 Å². The summed E-state index contributed by atoms with van der Waals surface area (Å²) in [4.78, 5) is 0. The molecule has 0 amide bonds. The van der Waals surface area contributed by atoms with Crippen LogP contribution in [0.25, 0.3) is 0 Å². The summed E-state index contributed by atoms with van der Waals surface area (Å²) < 4.78 is 29.5. The molecular weight excluding hydrogens is 213 g/mol. The molecule has 6 heteroatoms. The van der Waals surface area contributed by atoms with Crippen LogP contribution < -0.4 is 29.6 Å². The standard InChI is InChI=1S/C8H7NO3S.Na.H/c9-5-7-2-1-3-8(4-7)6-13(10,11)12;;/h1-4H,6H2,(H,10,11,12);;/q;+1;-1. The fourth-order valence-electron chi connectivity index (χ4n) is 0.941. The third kappa shape index (κ3) is 4.74. The Labute approximate surface area is 106 Å². The molecule has 0 saturated carbocycles. The maximum Gasteiger partial charge on any atom is 1.00 e. The number of rotatable bonds is 2. The third-order valence-electron chi connectivity index (χ3n) is 1.41. The minimum absolute atomic E-state index is 0. The summed E-state index contributed by atoms with van der Waals surface area (Å²) in [5, 5.41) is 8.50. The second-order valence-electron chi connectivity index (χ2n) is 2.54. The van der Waals surface area contributed by atoms with Gasteiger partial charge in [0, 0.05) is 0 Å². The molecule has 1 rings (SSSR count). The average molecular weight is 221 g/mol. The number of nitriles is 1. The zero-order valence-electron chi connectivity index (χ0n) is 8.64. The van der Waals surface area contributed by atoms with Crippen LogP contribution in [-0.2, 0) is 15.9 Å². The van der Waals surface area contributed by atoms with E-state index in [2.05, 4.69) is 0 Å². The number of benzene rings is 1. The van der Waals surface area contributed by atoms with E-state index < -0.39 is 15.9 Å². The Hall–Kier alpha value is -0.380. The molecule has 0 aliphatic rings. The van der Waals surface area contributed by atoms with Gasteiger partial charge < -0.3 is 1.43 Å². The van der Waals surface area contributed by atoms with Gasteiger partial charge in [-0.3, -0.25) is 4.55 Å². The predicted octanol–water partition coefficient (Wildman–Crippen LogP) is -1.94. The normalized spacial score (nSPS) is 10.0. The SMILES string of the molecule is N#Cc1cccc(CS(=O)(=O)O)c1.[H-].[Na+]. The van der Waals surface area contributed by atoms with Gasteiger partial charge in [-0.05, 0) is 17.7 Å². The summed E-state index contributed by atoms with van der Waals surface area (Å²) in [5.41, 5.74) is 0.780. The van der Waals surface area contributed by atoms with Gasteiger partial charge in [0.2, 0.25) is 0 Å². The van der Waals surface area contributed by atoms with E-state index in [1.165, 1.54) is 12.1 Å². The number of hydrogen-bond donors (Lipinski definition) is 1. The Balaban J connectivity index is 0. The molecule has 0 aliphatic carbocycles. The van der Waals surface area contributed by atoms with Crippen molar-refractivity contribution >= 4 is 10.1 Å². The van der Waals surface area contributed by atoms with Gasteiger partial charge in [-0.15, -0.1) is 0 Å². The van der Waals surface area contributed by atoms with E-state index in [0.29, 0.717) is 11.1 Å². The number of hydrogen-bond acceptors (Lipinski definition) is 3. The average Bonchev–Trinajstić information content (AvgIpc) is 2.01. The van der Waals surface area contributed by atoms with Crippen molar-refractivity contribution in [2.75, 3.05) is 0 Å². The summed E-state index contributed by atoms with van der Waals surface area (Å²) in [5.74, 6) is -0.456. The predicted molar refractivity (Wildman–Crippen MR) is 47.5 cm³/mol. The van der Waals surface area contributed by atoms with Crippen molar-refractivity contribution in [2.24, 2.45) is 0 Å². The number of nitrogens with zero attached hydrogens (tertiary/aromatic N) is 1. The van der Waals surface area contributed by atoms with Gasteiger partial charge in [-0.1, -0.05) is 12.1 Å². The summed E-state index contributed by atoms with van der Waals surface area (Å²) in [6, 6.07) is 7.97. The van der Waals surface area contributed by atoms with E-state index in [4.69, 9.17) is 9.81 Å². The van der Waals surface area contributed by atoms with Crippen LogP contribution >= 0.6 is 0 Å². The zero-order valence-corrected chi connectivity index (χ0v) is 10.5. The van der Waals surface area contributed by atoms with Crippen molar-refractivity contribution in [1.82, 2.24) is 0 Å². The fraction of sp³-hybridized carbons (Fsp3) is 0.125. The van der Waals surface area contributed by atoms with Crippen LogP contribution in [0.5, 0.6) is 0 Å². The summed E-state index contributed by atoms with van der Waals surface area (Å²) in [6.45, 7) is 0. The van der Waals surface area contributed by atoms with E-state index >= 15 is 0 Å². The second-order valence-corrected chi connectivity index (χ2v) is 3.99. The van der Waals surface area contributed by atoms with Gasteiger partial charge in [0.1, 0.15) is 5.75 Å². The molecule has 0 heterocycles. The monoisotopic (exact) mass is 221 g/mol. The Bertz CT molecular complexity index is 455. The van der Waals surface area contributed by atoms with Gasteiger partial charge in [0.05, 0.1) is 11.6 Å². The molecule has 0 fully saturated rings. The Morgan fingerprint density at radius 3 is 2.64 bits per heavy atom. The Morgan fingerprint density at radius 2 is 2.14 bits per heavy atom. The van der Waals surface area contributed by atoms with Gasteiger partial charge in [0.25, 0.3) is 10.1 Å². The van der Waals surface area contributed by atoms with Crippen LogP contribution in [0.2, 0.25) is 0 Å². The summed E-state index contributed by atoms with van der Waals surface area (Å²) in [7, 11) is -4.01. The van der Waals surface area contributed by atoms with Crippen molar-refractivity contribution in [1.29, 1.82) is 5.26 Å². The van der Waals surface area contributed by atoms with E-state index in [0.717, 1.165) is 0 Å². The Morgan fingerprint density at radius 1 is 1.50 bits per heavy atom. The van der Waals surface area contributed by atoms with Crippen molar-refractivity contribution < 1.29 is 44.0 Å². The molecule has 0 unspecified atom stereocenters. The molecule has 4 nitrogen and oxygen atoms in total. The second kappa shape index (κ2) is 5.49. The molecule has 0 atom stereocenters. The van der Waals surface area contributed by atoms with Crippen LogP contribution in [0.15, 0.2) is 24.3 Å². The molecule has 0 bridgehead atoms. The van der Waals surface area contributed by atoms with Crippen LogP contribution in [0.3, 0.4) is 0 Å². The first kappa shape index (κ1) is 13.6. The summed E-state index contributed by atoms with van der Waals surface area (Å²) in [6.07, 6.45) is 0. The van der Waals surface area contributed by atoms with E-state index in [-0.39, 0.29) is 31.0 Å². The van der Waals surface area contributed by atoms with Crippen LogP contribution in [0.1, 0.15) is 12.6 Å². The van der Waals surface area contributed by atoms with Crippen LogP contribution in [0.4, 0.5) is 0 Å². The molecule has 0 spiro atoms. The Kier molecular flexibility index (Phi) is 5.34. The third-order valence-corrected chi connectivity index (χ3v) is 2.10. The van der Waals surface area contributed by atoms with Crippen molar-refractivity contribution in [3.8, 4) is 6.07 Å². The van der Waals surface area contributed by atoms with E-state index in [1.807, 2.05) is 6.07 Å². The molecule has 14 heavy (non-hydrogen) atoms. The molecule has 0 saturated heterocycles. The fourth-order valence-corrected chi connectivity index (χ4v) is 1.54. The van der Waals surface area contributed by atoms with Crippen LogP contribution in [0, 0.1) is 11.3 Å². The molecule has 0 radical (unpaired) electrons. The molecular formula is C8H8NNaO3S. The van der Waals surface area contributed by atoms with Gasteiger partial charge in [-0.25, -0.2) is 0 Å². The van der Waals surface area contributed by atoms with Gasteiger partial charge >= 0.3 is 29.6 Å². The van der Waals surface area contributed by atoms with Crippen molar-refractivity contribution in [3.05, 3.63) is 35.4 Å². The van der Waals surface area contributed by atoms with Gasteiger partial charge in [-0.2, -0.15) is 13.7 Å². The molecule has 0 aromatic heterocycles. The first-order valence-corrected chi connectivity index (χ1v) is 5.06. The van der Waals surface area contributed by atoms with Gasteiger partial charge in [0.15, 0.2) is 0 Å². The first-order valence-electron chi connectivity index (χ1n) is 3.45. The smallest absolute Gasteiger partial charge is 1.00 e. The van der Waals surface area contributed by atoms with E-state index in [9.17, 15) is 8.42 Å².